The van der Waals surface area contributed by atoms with Crippen molar-refractivity contribution in [2.75, 3.05) is 4.90 Å². The van der Waals surface area contributed by atoms with Crippen LogP contribution in [0.2, 0.25) is 0 Å². The molecular weight excluding hydrogens is 815 g/mol. The quantitative estimate of drug-likeness (QED) is 0.154. The minimum Gasteiger partial charge on any atom is -0.334 e. The summed E-state index contributed by atoms with van der Waals surface area (Å²) < 4.78 is 2.71. The van der Waals surface area contributed by atoms with E-state index in [-0.39, 0.29) is 28.2 Å². The average molecular weight is 870 g/mol. The topological polar surface area (TPSA) is 3.24 Å². The second kappa shape index (κ2) is 15.4. The van der Waals surface area contributed by atoms with Gasteiger partial charge in [-0.15, -0.1) is 11.3 Å². The predicted molar refractivity (Wildman–Crippen MR) is 284 cm³/mol. The van der Waals surface area contributed by atoms with E-state index in [1.807, 2.05) is 11.3 Å². The SMILES string of the molecule is CC1C(c2cccc3c2sc2ccccc23)=CC=CC1N(C1=CCC(C)(C2=CC=CC3C(C)(C)c4ccccc4C23C)C=C1)c1ccccc1-c1cccc2cccc(-c3ccccc3)c12. The minimum atomic E-state index is -0.171. The normalized spacial score (nSPS) is 24.0. The number of hydrogen-bond acceptors (Lipinski definition) is 2. The molecule has 1 aromatic heterocycles. The van der Waals surface area contributed by atoms with Crippen LogP contribution in [0.5, 0.6) is 0 Å². The van der Waals surface area contributed by atoms with Crippen LogP contribution in [0.4, 0.5) is 5.69 Å². The smallest absolute Gasteiger partial charge is 0.0591 e. The second-order valence-electron chi connectivity index (χ2n) is 20.0. The minimum absolute atomic E-state index is 0.0361. The number of benzene rings is 7. The average Bonchev–Trinajstić information content (AvgIpc) is 3.82. The lowest BCUT2D eigenvalue weighted by molar-refractivity contribution is 0.275. The molecular formula is C64H55NS. The summed E-state index contributed by atoms with van der Waals surface area (Å²) in [6.07, 6.45) is 22.9. The summed E-state index contributed by atoms with van der Waals surface area (Å²) in [6.45, 7) is 12.3. The van der Waals surface area contributed by atoms with Crippen LogP contribution in [-0.4, -0.2) is 6.04 Å². The zero-order valence-electron chi connectivity index (χ0n) is 38.5. The molecule has 4 aliphatic carbocycles. The number of para-hydroxylation sites is 1. The highest BCUT2D eigenvalue weighted by Crippen LogP contribution is 2.63. The molecule has 8 aromatic rings. The lowest BCUT2D eigenvalue weighted by atomic mass is 9.56. The molecule has 1 nitrogen and oxygen atoms in total. The highest BCUT2D eigenvalue weighted by molar-refractivity contribution is 7.26. The fraction of sp³-hybridized carbons (Fsp3) is 0.188. The van der Waals surface area contributed by atoms with E-state index < -0.39 is 0 Å². The molecule has 2 heteroatoms. The number of nitrogens with zero attached hydrogens (tertiary/aromatic N) is 1. The van der Waals surface area contributed by atoms with Gasteiger partial charge in [-0.1, -0.05) is 229 Å². The molecule has 7 aromatic carbocycles. The zero-order valence-corrected chi connectivity index (χ0v) is 39.3. The Morgan fingerprint density at radius 1 is 0.591 bits per heavy atom. The lowest BCUT2D eigenvalue weighted by Crippen LogP contribution is -2.43. The summed E-state index contributed by atoms with van der Waals surface area (Å²) in [4.78, 5) is 2.68. The van der Waals surface area contributed by atoms with Gasteiger partial charge in [-0.3, -0.25) is 0 Å². The summed E-state index contributed by atoms with van der Waals surface area (Å²) in [5, 5.41) is 5.20. The van der Waals surface area contributed by atoms with Crippen molar-refractivity contribution in [3.63, 3.8) is 0 Å². The Morgan fingerprint density at radius 2 is 1.26 bits per heavy atom. The highest BCUT2D eigenvalue weighted by Gasteiger charge is 2.57. The molecule has 1 heterocycles. The standard InChI is InChI=1S/C64H55NS/c1-42-46(51-29-17-30-52-49-25-10-14-35-57(49)66-61(51)52)26-18-34-55(42)65(56-33-13-9-24-48(56)50-28-16-23-44-22-15-27-47(60(44)50)43-20-7-6-8-21-43)45-38-40-63(4,41-39-45)59-37-19-36-58-62(2,3)53-31-11-12-32-54(53)64(58,59)5/h6-40,42,55,58H,41H2,1-5H3. The van der Waals surface area contributed by atoms with Gasteiger partial charge in [0.25, 0.3) is 0 Å². The van der Waals surface area contributed by atoms with Crippen LogP contribution in [0.3, 0.4) is 0 Å². The molecule has 5 unspecified atom stereocenters. The summed E-state index contributed by atoms with van der Waals surface area (Å²) in [6, 6.07) is 58.7. The van der Waals surface area contributed by atoms with Crippen LogP contribution in [0, 0.1) is 17.3 Å². The van der Waals surface area contributed by atoms with Gasteiger partial charge in [0.1, 0.15) is 0 Å². The van der Waals surface area contributed by atoms with Crippen LogP contribution in [0.1, 0.15) is 57.7 Å². The molecule has 12 rings (SSSR count). The molecule has 0 fully saturated rings. The van der Waals surface area contributed by atoms with Crippen molar-refractivity contribution < 1.29 is 0 Å². The summed E-state index contributed by atoms with van der Waals surface area (Å²) in [5.74, 6) is 0.559. The highest BCUT2D eigenvalue weighted by atomic mass is 32.1. The molecule has 0 spiro atoms. The predicted octanol–water partition coefficient (Wildman–Crippen LogP) is 17.2. The third-order valence-electron chi connectivity index (χ3n) is 16.0. The Labute approximate surface area is 394 Å². The number of allylic oxidation sites excluding steroid dienone is 9. The van der Waals surface area contributed by atoms with Gasteiger partial charge in [0.15, 0.2) is 0 Å². The molecule has 0 amide bonds. The largest absolute Gasteiger partial charge is 0.334 e. The van der Waals surface area contributed by atoms with E-state index in [9.17, 15) is 0 Å². The van der Waals surface area contributed by atoms with E-state index >= 15 is 0 Å². The van der Waals surface area contributed by atoms with Crippen molar-refractivity contribution in [2.45, 2.75) is 57.9 Å². The first-order chi connectivity index (χ1) is 32.2. The Morgan fingerprint density at radius 3 is 2.08 bits per heavy atom. The third-order valence-corrected chi connectivity index (χ3v) is 17.2. The number of thiophene rings is 1. The van der Waals surface area contributed by atoms with Crippen molar-refractivity contribution >= 4 is 53.5 Å². The van der Waals surface area contributed by atoms with Crippen LogP contribution >= 0.6 is 11.3 Å². The van der Waals surface area contributed by atoms with Gasteiger partial charge in [0.2, 0.25) is 0 Å². The number of hydrogen-bond donors (Lipinski definition) is 0. The molecule has 0 saturated heterocycles. The first kappa shape index (κ1) is 40.7. The Kier molecular flexibility index (Phi) is 9.53. The monoisotopic (exact) mass is 869 g/mol. The van der Waals surface area contributed by atoms with Crippen LogP contribution < -0.4 is 4.90 Å². The summed E-state index contributed by atoms with van der Waals surface area (Å²) in [7, 11) is 0. The van der Waals surface area contributed by atoms with Crippen molar-refractivity contribution in [3.8, 4) is 22.3 Å². The third kappa shape index (κ3) is 6.11. The molecule has 322 valence electrons. The van der Waals surface area contributed by atoms with Crippen molar-refractivity contribution in [1.82, 2.24) is 0 Å². The van der Waals surface area contributed by atoms with E-state index in [0.29, 0.717) is 5.92 Å². The van der Waals surface area contributed by atoms with E-state index in [1.54, 1.807) is 0 Å². The first-order valence-electron chi connectivity index (χ1n) is 23.8. The zero-order chi connectivity index (χ0) is 44.8. The van der Waals surface area contributed by atoms with Gasteiger partial charge in [0, 0.05) is 53.9 Å². The van der Waals surface area contributed by atoms with Crippen molar-refractivity contribution in [2.24, 2.45) is 17.3 Å². The van der Waals surface area contributed by atoms with Gasteiger partial charge >= 0.3 is 0 Å². The van der Waals surface area contributed by atoms with Gasteiger partial charge in [-0.25, -0.2) is 0 Å². The van der Waals surface area contributed by atoms with E-state index in [4.69, 9.17) is 0 Å². The molecule has 4 aliphatic rings. The molecule has 0 bridgehead atoms. The van der Waals surface area contributed by atoms with Crippen molar-refractivity contribution in [1.29, 1.82) is 0 Å². The lowest BCUT2D eigenvalue weighted by Gasteiger charge is -2.48. The fourth-order valence-electron chi connectivity index (χ4n) is 12.8. The molecule has 0 N–H and O–H groups in total. The molecule has 5 atom stereocenters. The first-order valence-corrected chi connectivity index (χ1v) is 24.6. The summed E-state index contributed by atoms with van der Waals surface area (Å²) in [5.41, 5.74) is 14.4. The summed E-state index contributed by atoms with van der Waals surface area (Å²) >= 11 is 1.92. The van der Waals surface area contributed by atoms with Crippen molar-refractivity contribution in [3.05, 3.63) is 240 Å². The maximum atomic E-state index is 2.68. The Bertz CT molecular complexity index is 3440. The van der Waals surface area contributed by atoms with Crippen LogP contribution in [0.25, 0.3) is 58.8 Å². The van der Waals surface area contributed by atoms with Crippen LogP contribution in [0.15, 0.2) is 224 Å². The molecule has 0 radical (unpaired) electrons. The second-order valence-corrected chi connectivity index (χ2v) is 21.1. The number of anilines is 1. The molecule has 0 saturated carbocycles. The van der Waals surface area contributed by atoms with Gasteiger partial charge in [-0.05, 0) is 91.3 Å². The van der Waals surface area contributed by atoms with E-state index in [0.717, 1.165) is 6.42 Å². The maximum absolute atomic E-state index is 2.68. The van der Waals surface area contributed by atoms with Gasteiger partial charge in [-0.2, -0.15) is 0 Å². The molecule has 66 heavy (non-hydrogen) atoms. The number of rotatable bonds is 7. The fourth-order valence-corrected chi connectivity index (χ4v) is 14.1. The van der Waals surface area contributed by atoms with E-state index in [1.165, 1.54) is 92.4 Å². The van der Waals surface area contributed by atoms with Crippen LogP contribution in [-0.2, 0) is 10.8 Å². The van der Waals surface area contributed by atoms with Gasteiger partial charge < -0.3 is 4.90 Å². The Hall–Kier alpha value is -6.74. The van der Waals surface area contributed by atoms with Gasteiger partial charge in [0.05, 0.1) is 6.04 Å². The number of fused-ring (bicyclic) bond motifs is 7. The van der Waals surface area contributed by atoms with E-state index in [2.05, 4.69) is 252 Å². The molecule has 0 aliphatic heterocycles. The Balaban J connectivity index is 1.01. The maximum Gasteiger partial charge on any atom is 0.0591 e.